The number of hydrogen-bond donors (Lipinski definition) is 2. The van der Waals surface area contributed by atoms with Gasteiger partial charge in [-0.25, -0.2) is 4.79 Å². The third kappa shape index (κ3) is 4.10. The highest BCUT2D eigenvalue weighted by atomic mass is 16.6. The monoisotopic (exact) mass is 423 g/mol. The fourth-order valence-corrected chi connectivity index (χ4v) is 4.19. The number of aliphatic hydroxyl groups is 1. The van der Waals surface area contributed by atoms with Gasteiger partial charge in [0.25, 0.3) is 5.91 Å². The van der Waals surface area contributed by atoms with E-state index in [2.05, 4.69) is 28.9 Å². The number of para-hydroxylation sites is 1. The van der Waals surface area contributed by atoms with Crippen LogP contribution in [0, 0.1) is 0 Å². The lowest BCUT2D eigenvalue weighted by atomic mass is 10.1. The summed E-state index contributed by atoms with van der Waals surface area (Å²) < 4.78 is 7.56. The molecule has 2 unspecified atom stereocenters. The zero-order valence-electron chi connectivity index (χ0n) is 18.4. The molecule has 1 fully saturated rings. The Labute approximate surface area is 181 Å². The molecule has 1 saturated heterocycles. The fourth-order valence-electron chi connectivity index (χ4n) is 4.19. The van der Waals surface area contributed by atoms with Gasteiger partial charge in [0.1, 0.15) is 5.60 Å². The maximum atomic E-state index is 12.9. The van der Waals surface area contributed by atoms with E-state index in [1.165, 1.54) is 4.90 Å². The number of likely N-dealkylation sites (tertiary alicyclic amines) is 1. The normalized spacial score (nSPS) is 19.2. The lowest BCUT2D eigenvalue weighted by molar-refractivity contribution is 0.0269. The highest BCUT2D eigenvalue weighted by molar-refractivity contribution is 6.10. The molecule has 0 aliphatic carbocycles. The van der Waals surface area contributed by atoms with Crippen molar-refractivity contribution in [3.05, 3.63) is 48.0 Å². The van der Waals surface area contributed by atoms with Crippen molar-refractivity contribution in [1.82, 2.24) is 14.8 Å². The molecular formula is C24H29N3O4. The van der Waals surface area contributed by atoms with E-state index in [9.17, 15) is 14.7 Å². The summed E-state index contributed by atoms with van der Waals surface area (Å²) in [5.41, 5.74) is 2.04. The highest BCUT2D eigenvalue weighted by Crippen LogP contribution is 2.29. The maximum Gasteiger partial charge on any atom is 0.410 e. The zero-order chi connectivity index (χ0) is 22.3. The first-order valence-corrected chi connectivity index (χ1v) is 10.7. The smallest absolute Gasteiger partial charge is 0.410 e. The van der Waals surface area contributed by atoms with E-state index in [0.717, 1.165) is 28.4 Å². The van der Waals surface area contributed by atoms with Gasteiger partial charge in [-0.05, 0) is 45.9 Å². The molecule has 2 amide bonds. The number of rotatable bonds is 3. The molecule has 0 bridgehead atoms. The van der Waals surface area contributed by atoms with Crippen molar-refractivity contribution in [2.45, 2.75) is 52.0 Å². The number of amides is 2. The second-order valence-corrected chi connectivity index (χ2v) is 9.03. The minimum Gasteiger partial charge on any atom is -0.444 e. The van der Waals surface area contributed by atoms with Crippen LogP contribution in [0.2, 0.25) is 0 Å². The van der Waals surface area contributed by atoms with E-state index in [1.807, 2.05) is 24.3 Å². The molecule has 7 heteroatoms. The van der Waals surface area contributed by atoms with Crippen LogP contribution in [-0.4, -0.2) is 57.4 Å². The van der Waals surface area contributed by atoms with E-state index in [0.29, 0.717) is 5.56 Å². The number of carbonyl (C=O) groups is 2. The topological polar surface area (TPSA) is 83.8 Å². The largest absolute Gasteiger partial charge is 0.444 e. The molecule has 2 aromatic carbocycles. The second kappa shape index (κ2) is 7.89. The van der Waals surface area contributed by atoms with Crippen molar-refractivity contribution < 1.29 is 19.4 Å². The van der Waals surface area contributed by atoms with E-state index in [-0.39, 0.29) is 19.0 Å². The molecule has 1 aliphatic heterocycles. The highest BCUT2D eigenvalue weighted by Gasteiger charge is 2.37. The van der Waals surface area contributed by atoms with Gasteiger partial charge >= 0.3 is 6.09 Å². The average Bonchev–Trinajstić information content (AvgIpc) is 3.23. The van der Waals surface area contributed by atoms with Gasteiger partial charge in [-0.2, -0.15) is 0 Å². The van der Waals surface area contributed by atoms with Crippen LogP contribution in [0.5, 0.6) is 0 Å². The van der Waals surface area contributed by atoms with E-state index < -0.39 is 23.8 Å². The van der Waals surface area contributed by atoms with Crippen molar-refractivity contribution in [2.75, 3.05) is 13.1 Å². The molecule has 0 saturated carbocycles. The van der Waals surface area contributed by atoms with E-state index >= 15 is 0 Å². The van der Waals surface area contributed by atoms with Crippen LogP contribution in [0.25, 0.3) is 21.8 Å². The van der Waals surface area contributed by atoms with Gasteiger partial charge < -0.3 is 24.6 Å². The Morgan fingerprint density at radius 2 is 1.81 bits per heavy atom. The first-order valence-electron chi connectivity index (χ1n) is 10.7. The van der Waals surface area contributed by atoms with Gasteiger partial charge in [-0.3, -0.25) is 4.79 Å². The SMILES string of the molecule is CCn1c2ccccc2c2ccc(C(=O)NC3CN(C(=O)OC(C)(C)C)CC3O)cc21. The molecule has 0 radical (unpaired) electrons. The maximum absolute atomic E-state index is 12.9. The molecule has 2 N–H and O–H groups in total. The molecule has 0 spiro atoms. The molecule has 31 heavy (non-hydrogen) atoms. The minimum absolute atomic E-state index is 0.128. The van der Waals surface area contributed by atoms with Crippen molar-refractivity contribution in [1.29, 1.82) is 0 Å². The first kappa shape index (κ1) is 21.2. The quantitative estimate of drug-likeness (QED) is 0.675. The molecular weight excluding hydrogens is 394 g/mol. The molecule has 3 aromatic rings. The summed E-state index contributed by atoms with van der Waals surface area (Å²) in [6.07, 6.45) is -1.33. The predicted octanol–water partition coefficient (Wildman–Crippen LogP) is 3.52. The number of hydrogen-bond acceptors (Lipinski definition) is 4. The third-order valence-electron chi connectivity index (χ3n) is 5.61. The molecule has 2 heterocycles. The van der Waals surface area contributed by atoms with E-state index in [4.69, 9.17) is 4.74 Å². The molecule has 1 aromatic heterocycles. The Morgan fingerprint density at radius 1 is 1.10 bits per heavy atom. The van der Waals surface area contributed by atoms with Crippen LogP contribution < -0.4 is 5.32 Å². The van der Waals surface area contributed by atoms with Crippen molar-refractivity contribution in [2.24, 2.45) is 0 Å². The van der Waals surface area contributed by atoms with E-state index in [1.54, 1.807) is 26.8 Å². The fraction of sp³-hybridized carbons (Fsp3) is 0.417. The van der Waals surface area contributed by atoms with Crippen LogP contribution in [0.3, 0.4) is 0 Å². The number of benzene rings is 2. The number of β-amino-alcohol motifs (C(OH)–C–C–N with tert-alkyl or cyclic N) is 1. The number of nitrogens with one attached hydrogen (secondary N) is 1. The number of carbonyl (C=O) groups excluding carboxylic acids is 2. The van der Waals surface area contributed by atoms with Crippen LogP contribution >= 0.6 is 0 Å². The van der Waals surface area contributed by atoms with Gasteiger partial charge in [-0.1, -0.05) is 24.3 Å². The number of aromatic nitrogens is 1. The van der Waals surface area contributed by atoms with Gasteiger partial charge in [0.2, 0.25) is 0 Å². The van der Waals surface area contributed by atoms with Crippen molar-refractivity contribution in [3.63, 3.8) is 0 Å². The summed E-state index contributed by atoms with van der Waals surface area (Å²) in [6, 6.07) is 13.3. The van der Waals surface area contributed by atoms with Gasteiger partial charge in [0.05, 0.1) is 18.7 Å². The second-order valence-electron chi connectivity index (χ2n) is 9.03. The number of aryl methyl sites for hydroxylation is 1. The Bertz CT molecular complexity index is 1140. The van der Waals surface area contributed by atoms with Gasteiger partial charge in [0.15, 0.2) is 0 Å². The summed E-state index contributed by atoms with van der Waals surface area (Å²) in [5.74, 6) is -0.273. The minimum atomic E-state index is -0.845. The lowest BCUT2D eigenvalue weighted by Crippen LogP contribution is -2.43. The Kier molecular flexibility index (Phi) is 5.39. The Balaban J connectivity index is 1.53. The number of ether oxygens (including phenoxy) is 1. The number of nitrogens with zero attached hydrogens (tertiary/aromatic N) is 2. The number of aliphatic hydroxyl groups excluding tert-OH is 1. The summed E-state index contributed by atoms with van der Waals surface area (Å²) in [5, 5.41) is 15.5. The molecule has 4 rings (SSSR count). The summed E-state index contributed by atoms with van der Waals surface area (Å²) in [7, 11) is 0. The zero-order valence-corrected chi connectivity index (χ0v) is 18.4. The third-order valence-corrected chi connectivity index (χ3v) is 5.61. The average molecular weight is 424 g/mol. The van der Waals surface area contributed by atoms with Gasteiger partial charge in [-0.15, -0.1) is 0 Å². The van der Waals surface area contributed by atoms with Crippen LogP contribution in [0.4, 0.5) is 4.79 Å². The standard InChI is InChI=1S/C24H29N3O4/c1-5-27-19-9-7-6-8-16(19)17-11-10-15(12-20(17)27)22(29)25-18-13-26(14-21(18)28)23(30)31-24(2,3)4/h6-12,18,21,28H,5,13-14H2,1-4H3,(H,25,29). The predicted molar refractivity (Wildman–Crippen MR) is 120 cm³/mol. The summed E-state index contributed by atoms with van der Waals surface area (Å²) in [4.78, 5) is 26.7. The van der Waals surface area contributed by atoms with Crippen LogP contribution in [-0.2, 0) is 11.3 Å². The first-order chi connectivity index (χ1) is 14.7. The lowest BCUT2D eigenvalue weighted by Gasteiger charge is -2.24. The van der Waals surface area contributed by atoms with Gasteiger partial charge in [0, 0.05) is 40.5 Å². The summed E-state index contributed by atoms with van der Waals surface area (Å²) in [6.45, 7) is 8.59. The summed E-state index contributed by atoms with van der Waals surface area (Å²) >= 11 is 0. The molecule has 2 atom stereocenters. The Hall–Kier alpha value is -3.06. The van der Waals surface area contributed by atoms with Crippen molar-refractivity contribution >= 4 is 33.8 Å². The Morgan fingerprint density at radius 3 is 2.52 bits per heavy atom. The molecule has 7 nitrogen and oxygen atoms in total. The molecule has 164 valence electrons. The van der Waals surface area contributed by atoms with Crippen LogP contribution in [0.15, 0.2) is 42.5 Å². The van der Waals surface area contributed by atoms with Crippen molar-refractivity contribution in [3.8, 4) is 0 Å². The molecule has 1 aliphatic rings. The van der Waals surface area contributed by atoms with Crippen LogP contribution in [0.1, 0.15) is 38.1 Å². The number of fused-ring (bicyclic) bond motifs is 3.